The molecule has 620 valence electrons. The Morgan fingerprint density at radius 3 is 0.695 bits per heavy atom. The van der Waals surface area contributed by atoms with Gasteiger partial charge in [-0.2, -0.15) is 0 Å². The minimum atomic E-state index is -4.97. The molecule has 0 amide bonds. The molecule has 19 heteroatoms. The van der Waals surface area contributed by atoms with Crippen LogP contribution in [0.25, 0.3) is 0 Å². The fraction of sp³-hybridized carbons (Fsp3) is 0.907. The molecular weight excluding hydrogens is 1370 g/mol. The Hall–Kier alpha value is -2.46. The Morgan fingerprint density at radius 2 is 0.457 bits per heavy atom. The Balaban J connectivity index is 5.24. The van der Waals surface area contributed by atoms with Crippen LogP contribution < -0.4 is 0 Å². The molecule has 0 bridgehead atoms. The molecule has 0 fully saturated rings. The molecule has 0 aromatic rings. The van der Waals surface area contributed by atoms with Crippen LogP contribution in [0.3, 0.4) is 0 Å². The summed E-state index contributed by atoms with van der Waals surface area (Å²) in [6.07, 6.45) is 77.3. The van der Waals surface area contributed by atoms with Crippen molar-refractivity contribution in [3.63, 3.8) is 0 Å². The highest BCUT2D eigenvalue weighted by molar-refractivity contribution is 7.47. The molecule has 0 rings (SSSR count). The predicted octanol–water partition coefficient (Wildman–Crippen LogP) is 26.1. The van der Waals surface area contributed by atoms with Gasteiger partial charge in [-0.1, -0.05) is 392 Å². The number of aliphatic hydroxyl groups is 1. The van der Waals surface area contributed by atoms with E-state index in [0.717, 1.165) is 103 Å². The van der Waals surface area contributed by atoms with Crippen molar-refractivity contribution in [2.45, 2.75) is 463 Å². The summed E-state index contributed by atoms with van der Waals surface area (Å²) in [5, 5.41) is 10.7. The largest absolute Gasteiger partial charge is 0.472 e. The number of esters is 4. The summed E-state index contributed by atoms with van der Waals surface area (Å²) in [5.74, 6) is -2.13. The first-order valence-corrected chi connectivity index (χ1v) is 47.1. The second kappa shape index (κ2) is 79.6. The molecule has 105 heavy (non-hydrogen) atoms. The average molecular weight is 1530 g/mol. The monoisotopic (exact) mass is 1530 g/mol. The minimum Gasteiger partial charge on any atom is -0.462 e. The van der Waals surface area contributed by atoms with Crippen molar-refractivity contribution in [1.82, 2.24) is 0 Å². The number of aliphatic hydroxyl groups excluding tert-OH is 1. The molecule has 0 radical (unpaired) electrons. The van der Waals surface area contributed by atoms with Gasteiger partial charge in [0.1, 0.15) is 19.3 Å². The van der Waals surface area contributed by atoms with Gasteiger partial charge in [-0.15, -0.1) is 0 Å². The molecule has 17 nitrogen and oxygen atoms in total. The quantitative estimate of drug-likeness (QED) is 0.0169. The molecule has 0 spiro atoms. The van der Waals surface area contributed by atoms with Gasteiger partial charge in [0.15, 0.2) is 12.2 Å². The van der Waals surface area contributed by atoms with Crippen LogP contribution in [0, 0.1) is 0 Å². The topological polar surface area (TPSA) is 237 Å². The van der Waals surface area contributed by atoms with E-state index in [0.29, 0.717) is 25.7 Å². The lowest BCUT2D eigenvalue weighted by atomic mass is 10.0. The highest BCUT2D eigenvalue weighted by Crippen LogP contribution is 2.45. The zero-order chi connectivity index (χ0) is 76.7. The number of allylic oxidation sites excluding steroid dienone is 4. The summed E-state index contributed by atoms with van der Waals surface area (Å²) in [7, 11) is -9.94. The van der Waals surface area contributed by atoms with Crippen molar-refractivity contribution < 1.29 is 80.2 Å². The van der Waals surface area contributed by atoms with Crippen molar-refractivity contribution in [2.24, 2.45) is 0 Å². The van der Waals surface area contributed by atoms with E-state index in [1.807, 2.05) is 0 Å². The molecular formula is C86H164O17P2. The summed E-state index contributed by atoms with van der Waals surface area (Å²) in [6.45, 7) is 4.98. The summed E-state index contributed by atoms with van der Waals surface area (Å²) < 4.78 is 68.8. The van der Waals surface area contributed by atoms with Crippen LogP contribution >= 0.6 is 15.6 Å². The van der Waals surface area contributed by atoms with Crippen molar-refractivity contribution in [1.29, 1.82) is 0 Å². The van der Waals surface area contributed by atoms with E-state index < -0.39 is 97.5 Å². The minimum absolute atomic E-state index is 0.0859. The zero-order valence-electron chi connectivity index (χ0n) is 68.2. The standard InChI is InChI=1S/C86H164O17P2/c1-5-9-13-17-21-25-29-32-35-37-39-40-41-42-44-47-50-53-57-61-65-69-73-86(91)103-82(77-97-84(89)71-67-63-59-55-51-48-46-43-38-36-33-30-26-22-18-14-10-6-2)79-101-105(94,95)99-75-80(87)74-98-104(92,93)100-78-81(76-96-83(88)70-66-62-58-54-28-24-20-16-12-8-4)102-85(90)72-68-64-60-56-52-49-45-34-31-27-23-19-15-11-7-3/h27,31,34,45,80-82,87H,5-26,28-30,32-33,35-44,46-79H2,1-4H3,(H,92,93)(H,94,95)/b31-27-,45-34-/t80-,81+,82+/m0/s1. The second-order valence-electron chi connectivity index (χ2n) is 30.2. The van der Waals surface area contributed by atoms with E-state index in [-0.39, 0.29) is 25.7 Å². The molecule has 5 atom stereocenters. The third kappa shape index (κ3) is 79.4. The van der Waals surface area contributed by atoms with Crippen LogP contribution in [0.15, 0.2) is 24.3 Å². The maximum Gasteiger partial charge on any atom is 0.472 e. The number of unbranched alkanes of at least 4 members (excludes halogenated alkanes) is 56. The van der Waals surface area contributed by atoms with Crippen molar-refractivity contribution >= 4 is 39.5 Å². The third-order valence-electron chi connectivity index (χ3n) is 19.7. The Labute approximate surface area is 643 Å². The number of rotatable bonds is 85. The molecule has 2 unspecified atom stereocenters. The maximum atomic E-state index is 13.1. The number of hydrogen-bond donors (Lipinski definition) is 3. The Bertz CT molecular complexity index is 2080. The van der Waals surface area contributed by atoms with Gasteiger partial charge in [-0.05, 0) is 51.4 Å². The lowest BCUT2D eigenvalue weighted by Gasteiger charge is -2.21. The molecule has 0 aliphatic rings. The number of phosphoric acid groups is 2. The van der Waals surface area contributed by atoms with Gasteiger partial charge in [-0.25, -0.2) is 9.13 Å². The smallest absolute Gasteiger partial charge is 0.462 e. The second-order valence-corrected chi connectivity index (χ2v) is 33.1. The lowest BCUT2D eigenvalue weighted by molar-refractivity contribution is -0.161. The van der Waals surface area contributed by atoms with Gasteiger partial charge < -0.3 is 33.8 Å². The van der Waals surface area contributed by atoms with Crippen LogP contribution in [0.4, 0.5) is 0 Å². The van der Waals surface area contributed by atoms with E-state index in [1.54, 1.807) is 0 Å². The van der Waals surface area contributed by atoms with E-state index in [9.17, 15) is 43.2 Å². The fourth-order valence-electron chi connectivity index (χ4n) is 13.0. The number of hydrogen-bond acceptors (Lipinski definition) is 15. The first-order valence-electron chi connectivity index (χ1n) is 44.1. The maximum absolute atomic E-state index is 13.1. The summed E-state index contributed by atoms with van der Waals surface area (Å²) in [4.78, 5) is 73.1. The van der Waals surface area contributed by atoms with Gasteiger partial charge in [0.25, 0.3) is 0 Å². The third-order valence-corrected chi connectivity index (χ3v) is 21.6. The van der Waals surface area contributed by atoms with Crippen molar-refractivity contribution in [2.75, 3.05) is 39.6 Å². The van der Waals surface area contributed by atoms with Crippen LogP contribution in [0.1, 0.15) is 445 Å². The van der Waals surface area contributed by atoms with Crippen LogP contribution in [0.5, 0.6) is 0 Å². The van der Waals surface area contributed by atoms with E-state index >= 15 is 0 Å². The molecule has 0 saturated carbocycles. The predicted molar refractivity (Wildman–Crippen MR) is 432 cm³/mol. The number of ether oxygens (including phenoxy) is 4. The molecule has 0 aliphatic carbocycles. The first-order chi connectivity index (χ1) is 51.2. The molecule has 0 aliphatic heterocycles. The average Bonchev–Trinajstić information content (AvgIpc) is 0.916. The number of carbonyl (C=O) groups is 4. The first kappa shape index (κ1) is 103. The highest BCUT2D eigenvalue weighted by Gasteiger charge is 2.30. The fourth-order valence-corrected chi connectivity index (χ4v) is 14.6. The van der Waals surface area contributed by atoms with Gasteiger partial charge in [0, 0.05) is 25.7 Å². The van der Waals surface area contributed by atoms with E-state index in [1.165, 1.54) is 263 Å². The highest BCUT2D eigenvalue weighted by atomic mass is 31.2. The molecule has 0 saturated heterocycles. The molecule has 0 aromatic carbocycles. The van der Waals surface area contributed by atoms with Crippen molar-refractivity contribution in [3.8, 4) is 0 Å². The van der Waals surface area contributed by atoms with Gasteiger partial charge >= 0.3 is 39.5 Å². The normalized spacial score (nSPS) is 13.9. The summed E-state index contributed by atoms with van der Waals surface area (Å²) >= 11 is 0. The molecule has 0 heterocycles. The van der Waals surface area contributed by atoms with Crippen molar-refractivity contribution in [3.05, 3.63) is 24.3 Å². The molecule has 3 N–H and O–H groups in total. The molecule has 0 aromatic heterocycles. The number of carbonyl (C=O) groups excluding carboxylic acids is 4. The number of phosphoric ester groups is 2. The van der Waals surface area contributed by atoms with E-state index in [2.05, 4.69) is 52.0 Å². The summed E-state index contributed by atoms with van der Waals surface area (Å²) in [5.41, 5.74) is 0. The van der Waals surface area contributed by atoms with Crippen LogP contribution in [-0.2, 0) is 65.4 Å². The Kier molecular flexibility index (Phi) is 77.8. The zero-order valence-corrected chi connectivity index (χ0v) is 70.0. The Morgan fingerprint density at radius 1 is 0.267 bits per heavy atom. The van der Waals surface area contributed by atoms with E-state index in [4.69, 9.17) is 37.0 Å². The summed E-state index contributed by atoms with van der Waals surface area (Å²) in [6, 6.07) is 0. The van der Waals surface area contributed by atoms with Gasteiger partial charge in [-0.3, -0.25) is 37.3 Å². The van der Waals surface area contributed by atoms with Crippen LogP contribution in [-0.4, -0.2) is 96.7 Å². The van der Waals surface area contributed by atoms with Gasteiger partial charge in [0.05, 0.1) is 26.4 Å². The SMILES string of the molecule is CCCCCC/C=C\C=C/CCCCCCCC(=O)O[C@H](COC(=O)CCCCCCCCCCCC)COP(=O)(O)OC[C@H](O)COP(=O)(O)OC[C@@H](COC(=O)CCCCCCCCCCCCCCCCCCCC)OC(=O)CCCCCCCCCCCCCCCCCCCCCCCC. The lowest BCUT2D eigenvalue weighted by Crippen LogP contribution is -2.30. The van der Waals surface area contributed by atoms with Crippen LogP contribution in [0.2, 0.25) is 0 Å². The van der Waals surface area contributed by atoms with Gasteiger partial charge in [0.2, 0.25) is 0 Å².